The number of benzene rings is 1. The monoisotopic (exact) mass is 489 g/mol. The quantitative estimate of drug-likeness (QED) is 0.422. The average molecular weight is 490 g/mol. The average Bonchev–Trinajstić information content (AvgIpc) is 3.20. The van der Waals surface area contributed by atoms with Crippen molar-refractivity contribution < 1.29 is 23.8 Å². The maximum Gasteiger partial charge on any atom is 0.287 e. The Hall–Kier alpha value is -2.49. The Kier molecular flexibility index (Phi) is 6.72. The van der Waals surface area contributed by atoms with Gasteiger partial charge in [0, 0.05) is 30.7 Å². The van der Waals surface area contributed by atoms with E-state index in [0.29, 0.717) is 23.1 Å². The second-order valence-electron chi connectivity index (χ2n) is 9.63. The molecular weight excluding hydrogens is 460 g/mol. The van der Waals surface area contributed by atoms with Crippen LogP contribution in [-0.4, -0.2) is 32.7 Å². The highest BCUT2D eigenvalue weighted by Gasteiger charge is 2.29. The van der Waals surface area contributed by atoms with Crippen LogP contribution in [0.2, 0.25) is 0 Å². The molecule has 1 aromatic carbocycles. The number of pyridine rings is 1. The normalized spacial score (nSPS) is 19.4. The van der Waals surface area contributed by atoms with E-state index in [-0.39, 0.29) is 12.3 Å². The van der Waals surface area contributed by atoms with Crippen LogP contribution in [0, 0.1) is 5.92 Å². The zero-order valence-electron chi connectivity index (χ0n) is 19.4. The topological polar surface area (TPSA) is 95.3 Å². The first-order valence-corrected chi connectivity index (χ1v) is 12.2. The molecule has 0 atom stereocenters. The van der Waals surface area contributed by atoms with Gasteiger partial charge in [0.2, 0.25) is 0 Å². The Morgan fingerprint density at radius 1 is 1.15 bits per heavy atom. The third kappa shape index (κ3) is 5.26. The molecule has 9 heteroatoms. The third-order valence-corrected chi connectivity index (χ3v) is 7.52. The molecule has 1 aliphatic rings. The molecule has 182 valence electrons. The van der Waals surface area contributed by atoms with Crippen molar-refractivity contribution in [2.75, 3.05) is 11.9 Å². The zero-order chi connectivity index (χ0) is 24.7. The SMILES string of the molecule is CC(C)(O)c1cc2nc(C3CCC(CO)CC3)sc2cc1NC(=O)c1cccc(C(C)(F)F)n1. The van der Waals surface area contributed by atoms with Gasteiger partial charge in [-0.25, -0.2) is 9.97 Å². The Bertz CT molecular complexity index is 1190. The lowest BCUT2D eigenvalue weighted by Crippen LogP contribution is -2.22. The number of nitrogens with zero attached hydrogens (tertiary/aromatic N) is 2. The van der Waals surface area contributed by atoms with E-state index >= 15 is 0 Å². The smallest absolute Gasteiger partial charge is 0.287 e. The van der Waals surface area contributed by atoms with E-state index in [1.807, 2.05) is 0 Å². The highest BCUT2D eigenvalue weighted by molar-refractivity contribution is 7.18. The van der Waals surface area contributed by atoms with Gasteiger partial charge in [0.25, 0.3) is 11.8 Å². The van der Waals surface area contributed by atoms with Crippen LogP contribution < -0.4 is 5.32 Å². The van der Waals surface area contributed by atoms with Crippen molar-refractivity contribution in [1.82, 2.24) is 9.97 Å². The summed E-state index contributed by atoms with van der Waals surface area (Å²) in [6, 6.07) is 7.47. The van der Waals surface area contributed by atoms with Gasteiger partial charge in [-0.1, -0.05) is 6.07 Å². The van der Waals surface area contributed by atoms with E-state index in [0.717, 1.165) is 47.8 Å². The highest BCUT2D eigenvalue weighted by Crippen LogP contribution is 2.41. The van der Waals surface area contributed by atoms with Crippen LogP contribution in [0.5, 0.6) is 0 Å². The van der Waals surface area contributed by atoms with Crippen LogP contribution >= 0.6 is 11.3 Å². The van der Waals surface area contributed by atoms with Crippen molar-refractivity contribution >= 4 is 33.1 Å². The van der Waals surface area contributed by atoms with Gasteiger partial charge in [-0.15, -0.1) is 11.3 Å². The molecule has 6 nitrogen and oxygen atoms in total. The van der Waals surface area contributed by atoms with Gasteiger partial charge in [0.1, 0.15) is 11.4 Å². The van der Waals surface area contributed by atoms with Gasteiger partial charge in [-0.05, 0) is 69.7 Å². The second-order valence-corrected chi connectivity index (χ2v) is 10.7. The van der Waals surface area contributed by atoms with E-state index in [4.69, 9.17) is 4.98 Å². The predicted octanol–water partition coefficient (Wildman–Crippen LogP) is 5.55. The molecule has 3 aromatic rings. The van der Waals surface area contributed by atoms with Crippen LogP contribution in [0.25, 0.3) is 10.2 Å². The van der Waals surface area contributed by atoms with Gasteiger partial charge in [0.15, 0.2) is 0 Å². The standard InChI is InChI=1S/C25H29F2N3O3S/c1-24(2,33)16-11-19-20(34-23(30-19)15-9-7-14(13-31)8-10-15)12-18(16)29-22(32)17-5-4-6-21(28-17)25(3,26)27/h4-6,11-12,14-15,31,33H,7-10,13H2,1-3H3,(H,29,32). The minimum Gasteiger partial charge on any atom is -0.396 e. The molecule has 4 rings (SSSR count). The maximum absolute atomic E-state index is 13.7. The first-order chi connectivity index (χ1) is 16.0. The van der Waals surface area contributed by atoms with Crippen molar-refractivity contribution in [2.45, 2.75) is 63.9 Å². The number of aromatic nitrogens is 2. The predicted molar refractivity (Wildman–Crippen MR) is 128 cm³/mol. The molecule has 0 radical (unpaired) electrons. The Labute approximate surface area is 201 Å². The number of alkyl halides is 2. The van der Waals surface area contributed by atoms with Crippen LogP contribution in [0.1, 0.15) is 79.1 Å². The number of anilines is 1. The number of fused-ring (bicyclic) bond motifs is 1. The summed E-state index contributed by atoms with van der Waals surface area (Å²) in [5.74, 6) is -3.12. The molecule has 2 heterocycles. The molecule has 2 aromatic heterocycles. The van der Waals surface area contributed by atoms with Crippen LogP contribution in [0.4, 0.5) is 14.5 Å². The number of halogens is 2. The van der Waals surface area contributed by atoms with Crippen molar-refractivity contribution in [2.24, 2.45) is 5.92 Å². The largest absolute Gasteiger partial charge is 0.396 e. The lowest BCUT2D eigenvalue weighted by Gasteiger charge is -2.25. The summed E-state index contributed by atoms with van der Waals surface area (Å²) in [7, 11) is 0. The van der Waals surface area contributed by atoms with Gasteiger partial charge >= 0.3 is 0 Å². The van der Waals surface area contributed by atoms with Gasteiger partial charge < -0.3 is 15.5 Å². The number of hydrogen-bond acceptors (Lipinski definition) is 6. The number of thiazole rings is 1. The Morgan fingerprint density at radius 3 is 2.47 bits per heavy atom. The van der Waals surface area contributed by atoms with E-state index in [9.17, 15) is 23.8 Å². The fourth-order valence-corrected chi connectivity index (χ4v) is 5.52. The molecule has 0 spiro atoms. The fourth-order valence-electron chi connectivity index (χ4n) is 4.36. The zero-order valence-corrected chi connectivity index (χ0v) is 20.3. The first kappa shape index (κ1) is 24.6. The Morgan fingerprint density at radius 2 is 1.85 bits per heavy atom. The molecule has 3 N–H and O–H groups in total. The van der Waals surface area contributed by atoms with Crippen molar-refractivity contribution in [3.63, 3.8) is 0 Å². The number of hydrogen-bond donors (Lipinski definition) is 3. The molecule has 1 aliphatic carbocycles. The molecule has 0 unspecified atom stereocenters. The molecule has 0 aliphatic heterocycles. The number of rotatable bonds is 6. The summed E-state index contributed by atoms with van der Waals surface area (Å²) >= 11 is 1.55. The number of amides is 1. The second kappa shape index (κ2) is 9.28. The molecule has 1 saturated carbocycles. The molecule has 1 amide bonds. The van der Waals surface area contributed by atoms with Gasteiger partial charge in [-0.2, -0.15) is 8.78 Å². The van der Waals surface area contributed by atoms with Crippen molar-refractivity contribution in [1.29, 1.82) is 0 Å². The Balaban J connectivity index is 1.66. The molecule has 1 fully saturated rings. The number of aliphatic hydroxyl groups excluding tert-OH is 1. The summed E-state index contributed by atoms with van der Waals surface area (Å²) in [6.07, 6.45) is 3.88. The van der Waals surface area contributed by atoms with Crippen LogP contribution in [0.3, 0.4) is 0 Å². The van der Waals surface area contributed by atoms with E-state index in [1.54, 1.807) is 37.3 Å². The summed E-state index contributed by atoms with van der Waals surface area (Å²) in [4.78, 5) is 21.5. The first-order valence-electron chi connectivity index (χ1n) is 11.4. The summed E-state index contributed by atoms with van der Waals surface area (Å²) in [5, 5.41) is 23.9. The number of aliphatic hydroxyl groups is 2. The molecule has 0 bridgehead atoms. The third-order valence-electron chi connectivity index (χ3n) is 6.34. The van der Waals surface area contributed by atoms with E-state index < -0.39 is 23.1 Å². The number of nitrogens with one attached hydrogen (secondary N) is 1. The van der Waals surface area contributed by atoms with Crippen molar-refractivity contribution in [3.8, 4) is 0 Å². The van der Waals surface area contributed by atoms with E-state index in [1.165, 1.54) is 18.2 Å². The number of carbonyl (C=O) groups is 1. The summed E-state index contributed by atoms with van der Waals surface area (Å²) in [6.45, 7) is 4.18. The fraction of sp³-hybridized carbons (Fsp3) is 0.480. The molecule has 0 saturated heterocycles. The highest BCUT2D eigenvalue weighted by atomic mass is 32.1. The lowest BCUT2D eigenvalue weighted by atomic mass is 9.83. The van der Waals surface area contributed by atoms with Crippen LogP contribution in [-0.2, 0) is 11.5 Å². The van der Waals surface area contributed by atoms with Crippen molar-refractivity contribution in [3.05, 3.63) is 52.3 Å². The maximum atomic E-state index is 13.7. The lowest BCUT2D eigenvalue weighted by molar-refractivity contribution is 0.0126. The van der Waals surface area contributed by atoms with Gasteiger partial charge in [0.05, 0.1) is 20.8 Å². The molecular formula is C25H29F2N3O3S. The minimum absolute atomic E-state index is 0.133. The van der Waals surface area contributed by atoms with Gasteiger partial charge in [-0.3, -0.25) is 4.79 Å². The minimum atomic E-state index is -3.16. The molecule has 34 heavy (non-hydrogen) atoms. The van der Waals surface area contributed by atoms with Crippen LogP contribution in [0.15, 0.2) is 30.3 Å². The number of carbonyl (C=O) groups excluding carboxylic acids is 1. The summed E-state index contributed by atoms with van der Waals surface area (Å²) < 4.78 is 28.2. The van der Waals surface area contributed by atoms with E-state index in [2.05, 4.69) is 10.3 Å². The summed E-state index contributed by atoms with van der Waals surface area (Å²) in [5.41, 5.74) is -0.283.